The Hall–Kier alpha value is -2.64. The Labute approximate surface area is 207 Å². The standard InChI is InChI=1S/C26H34ClN5O2/c1-28-24-17-19(7-12-29-24)18-31-13-8-22(9-14-31)26(33)32-15-10-21(11-16-32)25(30-34-2)20-3-5-23(27)6-4-20/h3-7,12,17,21-22H,8-11,13-16,18H2,1-2H3,(H,28,29)/b30-25-. The van der Waals surface area contributed by atoms with Gasteiger partial charge in [0, 0.05) is 49.7 Å². The lowest BCUT2D eigenvalue weighted by molar-refractivity contribution is -0.138. The van der Waals surface area contributed by atoms with E-state index in [9.17, 15) is 4.79 Å². The first kappa shape index (κ1) is 24.5. The van der Waals surface area contributed by atoms with Crippen LogP contribution in [0.25, 0.3) is 0 Å². The van der Waals surface area contributed by atoms with Gasteiger partial charge in [0.2, 0.25) is 5.91 Å². The Morgan fingerprint density at radius 1 is 1.09 bits per heavy atom. The molecule has 7 nitrogen and oxygen atoms in total. The number of nitrogens with zero attached hydrogens (tertiary/aromatic N) is 4. The van der Waals surface area contributed by atoms with Crippen LogP contribution in [0, 0.1) is 11.8 Å². The highest BCUT2D eigenvalue weighted by Gasteiger charge is 2.32. The summed E-state index contributed by atoms with van der Waals surface area (Å²) in [4.78, 5) is 27.2. The van der Waals surface area contributed by atoms with Crippen molar-refractivity contribution >= 4 is 29.0 Å². The van der Waals surface area contributed by atoms with Gasteiger partial charge in [-0.1, -0.05) is 28.9 Å². The molecule has 1 aromatic heterocycles. The number of hydrogen-bond acceptors (Lipinski definition) is 6. The van der Waals surface area contributed by atoms with Crippen LogP contribution in [0.3, 0.4) is 0 Å². The molecule has 0 atom stereocenters. The zero-order valence-corrected chi connectivity index (χ0v) is 20.8. The van der Waals surface area contributed by atoms with Crippen molar-refractivity contribution in [3.63, 3.8) is 0 Å². The molecule has 34 heavy (non-hydrogen) atoms. The van der Waals surface area contributed by atoms with E-state index < -0.39 is 0 Å². The number of likely N-dealkylation sites (tertiary alicyclic amines) is 2. The number of anilines is 1. The number of rotatable bonds is 7. The van der Waals surface area contributed by atoms with Crippen LogP contribution >= 0.6 is 11.6 Å². The minimum absolute atomic E-state index is 0.126. The quantitative estimate of drug-likeness (QED) is 0.470. The molecule has 0 spiro atoms. The minimum atomic E-state index is 0.126. The fraction of sp³-hybridized carbons (Fsp3) is 0.500. The summed E-state index contributed by atoms with van der Waals surface area (Å²) >= 11 is 6.05. The Bertz CT molecular complexity index is 981. The molecule has 3 heterocycles. The summed E-state index contributed by atoms with van der Waals surface area (Å²) in [7, 11) is 3.46. The van der Waals surface area contributed by atoms with Crippen molar-refractivity contribution in [3.05, 3.63) is 58.7 Å². The molecule has 0 radical (unpaired) electrons. The smallest absolute Gasteiger partial charge is 0.225 e. The molecule has 1 amide bonds. The van der Waals surface area contributed by atoms with Crippen molar-refractivity contribution in [2.24, 2.45) is 17.0 Å². The number of pyridine rings is 1. The molecular formula is C26H34ClN5O2. The number of carbonyl (C=O) groups excluding carboxylic acids is 1. The van der Waals surface area contributed by atoms with Crippen molar-refractivity contribution in [3.8, 4) is 0 Å². The lowest BCUT2D eigenvalue weighted by Crippen LogP contribution is -2.46. The van der Waals surface area contributed by atoms with E-state index in [1.54, 1.807) is 7.11 Å². The molecule has 4 rings (SSSR count). The predicted molar refractivity (Wildman–Crippen MR) is 136 cm³/mol. The number of aromatic nitrogens is 1. The first-order chi connectivity index (χ1) is 16.6. The molecule has 0 aliphatic carbocycles. The van der Waals surface area contributed by atoms with E-state index in [1.807, 2.05) is 37.5 Å². The van der Waals surface area contributed by atoms with E-state index in [0.29, 0.717) is 10.9 Å². The second-order valence-corrected chi connectivity index (χ2v) is 9.55. The predicted octanol–water partition coefficient (Wildman–Crippen LogP) is 4.28. The van der Waals surface area contributed by atoms with Gasteiger partial charge in [-0.05, 0) is 74.2 Å². The first-order valence-corrected chi connectivity index (χ1v) is 12.5. The van der Waals surface area contributed by atoms with Crippen LogP contribution in [0.1, 0.15) is 36.8 Å². The molecule has 0 bridgehead atoms. The molecule has 1 aromatic carbocycles. The highest BCUT2D eigenvalue weighted by atomic mass is 35.5. The molecule has 2 fully saturated rings. The van der Waals surface area contributed by atoms with E-state index >= 15 is 0 Å². The summed E-state index contributed by atoms with van der Waals surface area (Å²) in [6.07, 6.45) is 5.47. The maximum atomic E-state index is 13.2. The largest absolute Gasteiger partial charge is 0.399 e. The van der Waals surface area contributed by atoms with Gasteiger partial charge in [-0.3, -0.25) is 9.69 Å². The third-order valence-corrected chi connectivity index (χ3v) is 7.20. The Morgan fingerprint density at radius 3 is 2.41 bits per heavy atom. The molecule has 2 aliphatic heterocycles. The number of benzene rings is 1. The Balaban J connectivity index is 1.27. The summed E-state index contributed by atoms with van der Waals surface area (Å²) in [6.45, 7) is 4.33. The molecule has 8 heteroatoms. The topological polar surface area (TPSA) is 70.1 Å². The van der Waals surface area contributed by atoms with Gasteiger partial charge in [-0.15, -0.1) is 0 Å². The summed E-state index contributed by atoms with van der Waals surface area (Å²) < 4.78 is 0. The average molecular weight is 484 g/mol. The lowest BCUT2D eigenvalue weighted by Gasteiger charge is -2.37. The molecule has 2 aromatic rings. The number of amides is 1. The number of carbonyl (C=O) groups is 1. The molecule has 2 aliphatic rings. The van der Waals surface area contributed by atoms with Gasteiger partial charge < -0.3 is 15.1 Å². The molecule has 1 N–H and O–H groups in total. The maximum absolute atomic E-state index is 13.2. The van der Waals surface area contributed by atoms with E-state index in [4.69, 9.17) is 16.4 Å². The number of piperidine rings is 2. The Kier molecular flexibility index (Phi) is 8.40. The highest BCUT2D eigenvalue weighted by molar-refractivity contribution is 6.30. The van der Waals surface area contributed by atoms with Gasteiger partial charge in [0.05, 0.1) is 5.71 Å². The number of oxime groups is 1. The van der Waals surface area contributed by atoms with Gasteiger partial charge in [-0.25, -0.2) is 4.98 Å². The van der Waals surface area contributed by atoms with Crippen molar-refractivity contribution < 1.29 is 9.63 Å². The van der Waals surface area contributed by atoms with Crippen LogP contribution in [-0.4, -0.2) is 66.7 Å². The first-order valence-electron chi connectivity index (χ1n) is 12.1. The average Bonchev–Trinajstić information content (AvgIpc) is 2.88. The van der Waals surface area contributed by atoms with Crippen molar-refractivity contribution in [2.45, 2.75) is 32.2 Å². The minimum Gasteiger partial charge on any atom is -0.399 e. The monoisotopic (exact) mass is 483 g/mol. The SMILES string of the molecule is CNc1cc(CN2CCC(C(=O)N3CCC(/C(=N\OC)c4ccc(Cl)cc4)CC3)CC2)ccn1. The van der Waals surface area contributed by atoms with Crippen LogP contribution in [-0.2, 0) is 16.2 Å². The van der Waals surface area contributed by atoms with E-state index in [0.717, 1.165) is 75.5 Å². The number of nitrogens with one attached hydrogen (secondary N) is 1. The van der Waals surface area contributed by atoms with Crippen LogP contribution in [0.15, 0.2) is 47.8 Å². The van der Waals surface area contributed by atoms with Crippen LogP contribution in [0.4, 0.5) is 5.82 Å². The normalized spacial score (nSPS) is 18.7. The second-order valence-electron chi connectivity index (χ2n) is 9.12. The van der Waals surface area contributed by atoms with E-state index in [-0.39, 0.29) is 11.8 Å². The van der Waals surface area contributed by atoms with Crippen molar-refractivity contribution in [1.29, 1.82) is 0 Å². The second kappa shape index (κ2) is 11.7. The maximum Gasteiger partial charge on any atom is 0.225 e. The molecule has 0 saturated carbocycles. The summed E-state index contributed by atoms with van der Waals surface area (Å²) in [6, 6.07) is 11.9. The summed E-state index contributed by atoms with van der Waals surface area (Å²) in [5.74, 6) is 1.60. The van der Waals surface area contributed by atoms with Crippen molar-refractivity contribution in [2.75, 3.05) is 45.7 Å². The zero-order valence-electron chi connectivity index (χ0n) is 20.0. The third kappa shape index (κ3) is 6.07. The molecule has 182 valence electrons. The molecule has 2 saturated heterocycles. The van der Waals surface area contributed by atoms with Crippen LogP contribution in [0.5, 0.6) is 0 Å². The van der Waals surface area contributed by atoms with E-state index in [2.05, 4.69) is 37.4 Å². The third-order valence-electron chi connectivity index (χ3n) is 6.95. The van der Waals surface area contributed by atoms with Gasteiger partial charge in [0.1, 0.15) is 12.9 Å². The number of hydrogen-bond donors (Lipinski definition) is 1. The zero-order chi connectivity index (χ0) is 23.9. The van der Waals surface area contributed by atoms with Crippen LogP contribution in [0.2, 0.25) is 5.02 Å². The number of halogens is 1. The van der Waals surface area contributed by atoms with Crippen LogP contribution < -0.4 is 5.32 Å². The lowest BCUT2D eigenvalue weighted by atomic mass is 9.87. The fourth-order valence-corrected chi connectivity index (χ4v) is 5.15. The molecular weight excluding hydrogens is 450 g/mol. The van der Waals surface area contributed by atoms with Crippen molar-refractivity contribution in [1.82, 2.24) is 14.8 Å². The highest BCUT2D eigenvalue weighted by Crippen LogP contribution is 2.27. The van der Waals surface area contributed by atoms with Gasteiger partial charge >= 0.3 is 0 Å². The summed E-state index contributed by atoms with van der Waals surface area (Å²) in [5.41, 5.74) is 3.22. The van der Waals surface area contributed by atoms with Gasteiger partial charge in [0.15, 0.2) is 0 Å². The van der Waals surface area contributed by atoms with Gasteiger partial charge in [-0.2, -0.15) is 0 Å². The Morgan fingerprint density at radius 2 is 1.76 bits per heavy atom. The van der Waals surface area contributed by atoms with Gasteiger partial charge in [0.25, 0.3) is 0 Å². The molecule has 0 unspecified atom stereocenters. The summed E-state index contributed by atoms with van der Waals surface area (Å²) in [5, 5.41) is 8.11. The fourth-order valence-electron chi connectivity index (χ4n) is 5.02. The van der Waals surface area contributed by atoms with E-state index in [1.165, 1.54) is 5.56 Å².